The van der Waals surface area contributed by atoms with Gasteiger partial charge in [-0.3, -0.25) is 0 Å². The first-order valence-electron chi connectivity index (χ1n) is 6.58. The van der Waals surface area contributed by atoms with Crippen molar-refractivity contribution in [2.24, 2.45) is 4.99 Å². The molecule has 0 bridgehead atoms. The normalized spacial score (nSPS) is 15.6. The molecule has 1 aliphatic rings. The number of hydrogen-bond acceptors (Lipinski definition) is 4. The summed E-state index contributed by atoms with van der Waals surface area (Å²) in [5.41, 5.74) is 1.90. The van der Waals surface area contributed by atoms with Gasteiger partial charge in [0.1, 0.15) is 5.75 Å². The lowest BCUT2D eigenvalue weighted by atomic mass is 10.2. The minimum Gasteiger partial charge on any atom is -0.497 e. The Labute approximate surface area is 141 Å². The number of methoxy groups -OCH3 is 1. The van der Waals surface area contributed by atoms with Crippen molar-refractivity contribution < 1.29 is 14.3 Å². The molecule has 0 fully saturated rings. The zero-order chi connectivity index (χ0) is 15.5. The van der Waals surface area contributed by atoms with Gasteiger partial charge in [-0.25, -0.2) is 9.79 Å². The SMILES string of the molecule is COc1cccc(C=C2N=C(c3cccc(I)c3)OC2=O)c1. The summed E-state index contributed by atoms with van der Waals surface area (Å²) in [6, 6.07) is 15.1. The molecule has 0 aromatic heterocycles. The van der Waals surface area contributed by atoms with E-state index in [9.17, 15) is 4.79 Å². The molecular formula is C17H12INO3. The number of hydrogen-bond donors (Lipinski definition) is 0. The molecule has 0 radical (unpaired) electrons. The van der Waals surface area contributed by atoms with Crippen LogP contribution in [0.4, 0.5) is 0 Å². The third kappa shape index (κ3) is 3.19. The molecule has 1 heterocycles. The Balaban J connectivity index is 1.94. The molecule has 0 saturated carbocycles. The van der Waals surface area contributed by atoms with Crippen LogP contribution in [0.2, 0.25) is 0 Å². The summed E-state index contributed by atoms with van der Waals surface area (Å²) in [6.45, 7) is 0. The molecule has 2 aromatic carbocycles. The maximum absolute atomic E-state index is 12.0. The monoisotopic (exact) mass is 405 g/mol. The molecule has 4 nitrogen and oxygen atoms in total. The topological polar surface area (TPSA) is 47.9 Å². The standard InChI is InChI=1S/C17H12INO3/c1-21-14-7-2-4-11(8-14)9-15-17(20)22-16(19-15)12-5-3-6-13(18)10-12/h2-10H,1H3. The summed E-state index contributed by atoms with van der Waals surface area (Å²) in [5, 5.41) is 0. The summed E-state index contributed by atoms with van der Waals surface area (Å²) in [4.78, 5) is 16.3. The highest BCUT2D eigenvalue weighted by atomic mass is 127. The van der Waals surface area contributed by atoms with Gasteiger partial charge in [0.05, 0.1) is 7.11 Å². The number of ether oxygens (including phenoxy) is 2. The van der Waals surface area contributed by atoms with Crippen LogP contribution in [-0.4, -0.2) is 19.0 Å². The number of aliphatic imine (C=N–C) groups is 1. The van der Waals surface area contributed by atoms with Gasteiger partial charge in [0.15, 0.2) is 5.70 Å². The fourth-order valence-corrected chi connectivity index (χ4v) is 2.59. The van der Waals surface area contributed by atoms with E-state index in [-0.39, 0.29) is 5.70 Å². The molecule has 0 amide bonds. The van der Waals surface area contributed by atoms with Gasteiger partial charge in [0, 0.05) is 9.13 Å². The van der Waals surface area contributed by atoms with E-state index >= 15 is 0 Å². The van der Waals surface area contributed by atoms with Crippen molar-refractivity contribution in [1.82, 2.24) is 0 Å². The maximum atomic E-state index is 12.0. The Bertz CT molecular complexity index is 796. The van der Waals surface area contributed by atoms with Crippen molar-refractivity contribution in [3.8, 4) is 5.75 Å². The van der Waals surface area contributed by atoms with E-state index in [2.05, 4.69) is 27.6 Å². The lowest BCUT2D eigenvalue weighted by Gasteiger charge is -2.00. The fraction of sp³-hybridized carbons (Fsp3) is 0.0588. The van der Waals surface area contributed by atoms with Crippen molar-refractivity contribution in [1.29, 1.82) is 0 Å². The summed E-state index contributed by atoms with van der Waals surface area (Å²) < 4.78 is 11.5. The molecule has 3 rings (SSSR count). The maximum Gasteiger partial charge on any atom is 0.363 e. The second-order valence-electron chi connectivity index (χ2n) is 4.62. The van der Waals surface area contributed by atoms with E-state index in [4.69, 9.17) is 9.47 Å². The molecule has 1 aliphatic heterocycles. The van der Waals surface area contributed by atoms with E-state index < -0.39 is 5.97 Å². The van der Waals surface area contributed by atoms with Crippen molar-refractivity contribution in [2.45, 2.75) is 0 Å². The summed E-state index contributed by atoms with van der Waals surface area (Å²) in [7, 11) is 1.60. The van der Waals surface area contributed by atoms with Crippen LogP contribution < -0.4 is 4.74 Å². The Hall–Kier alpha value is -2.15. The molecule has 0 N–H and O–H groups in total. The van der Waals surface area contributed by atoms with Crippen LogP contribution in [0, 0.1) is 3.57 Å². The molecule has 5 heteroatoms. The number of benzene rings is 2. The summed E-state index contributed by atoms with van der Waals surface area (Å²) >= 11 is 2.20. The Morgan fingerprint density at radius 1 is 1.18 bits per heavy atom. The van der Waals surface area contributed by atoms with Gasteiger partial charge in [-0.1, -0.05) is 18.2 Å². The molecule has 110 valence electrons. The van der Waals surface area contributed by atoms with Gasteiger partial charge < -0.3 is 9.47 Å². The molecule has 2 aromatic rings. The van der Waals surface area contributed by atoms with E-state index in [0.29, 0.717) is 5.90 Å². The van der Waals surface area contributed by atoms with Crippen molar-refractivity contribution in [3.05, 3.63) is 68.9 Å². The average molecular weight is 405 g/mol. The second-order valence-corrected chi connectivity index (χ2v) is 5.87. The van der Waals surface area contributed by atoms with Gasteiger partial charge in [-0.15, -0.1) is 0 Å². The van der Waals surface area contributed by atoms with Gasteiger partial charge in [-0.05, 0) is 64.6 Å². The molecule has 22 heavy (non-hydrogen) atoms. The molecule has 0 unspecified atom stereocenters. The van der Waals surface area contributed by atoms with Gasteiger partial charge >= 0.3 is 5.97 Å². The largest absolute Gasteiger partial charge is 0.497 e. The smallest absolute Gasteiger partial charge is 0.363 e. The van der Waals surface area contributed by atoms with Crippen molar-refractivity contribution >= 4 is 40.5 Å². The predicted molar refractivity (Wildman–Crippen MR) is 92.8 cm³/mol. The van der Waals surface area contributed by atoms with E-state index in [0.717, 1.165) is 20.4 Å². The predicted octanol–water partition coefficient (Wildman–Crippen LogP) is 3.64. The van der Waals surface area contributed by atoms with Crippen molar-refractivity contribution in [2.75, 3.05) is 7.11 Å². The minimum absolute atomic E-state index is 0.280. The number of halogens is 1. The third-order valence-corrected chi connectivity index (χ3v) is 3.76. The number of cyclic esters (lactones) is 1. The quantitative estimate of drug-likeness (QED) is 0.445. The first-order chi connectivity index (χ1) is 10.7. The fourth-order valence-electron chi connectivity index (χ4n) is 2.04. The van der Waals surface area contributed by atoms with Crippen molar-refractivity contribution in [3.63, 3.8) is 0 Å². The number of esters is 1. The van der Waals surface area contributed by atoms with Crippen LogP contribution in [0.15, 0.2) is 59.2 Å². The van der Waals surface area contributed by atoms with Crippen LogP contribution >= 0.6 is 22.6 Å². The molecule has 0 aliphatic carbocycles. The van der Waals surface area contributed by atoms with Crippen LogP contribution in [-0.2, 0) is 9.53 Å². The van der Waals surface area contributed by atoms with E-state index in [1.54, 1.807) is 13.2 Å². The van der Waals surface area contributed by atoms with Crippen LogP contribution in [0.1, 0.15) is 11.1 Å². The zero-order valence-corrected chi connectivity index (χ0v) is 13.9. The van der Waals surface area contributed by atoms with Crippen LogP contribution in [0.5, 0.6) is 5.75 Å². The van der Waals surface area contributed by atoms with E-state index in [1.807, 2.05) is 48.5 Å². The summed E-state index contributed by atoms with van der Waals surface area (Å²) in [6.07, 6.45) is 1.69. The number of nitrogens with zero attached hydrogens (tertiary/aromatic N) is 1. The van der Waals surface area contributed by atoms with Crippen LogP contribution in [0.25, 0.3) is 6.08 Å². The Morgan fingerprint density at radius 2 is 2.00 bits per heavy atom. The van der Waals surface area contributed by atoms with Gasteiger partial charge in [0.25, 0.3) is 0 Å². The number of rotatable bonds is 3. The lowest BCUT2D eigenvalue weighted by Crippen LogP contribution is -2.05. The molecule has 0 saturated heterocycles. The highest BCUT2D eigenvalue weighted by Crippen LogP contribution is 2.21. The van der Waals surface area contributed by atoms with E-state index in [1.165, 1.54) is 0 Å². The number of carbonyl (C=O) groups excluding carboxylic acids is 1. The zero-order valence-electron chi connectivity index (χ0n) is 11.7. The first kappa shape index (κ1) is 14.8. The molecular weight excluding hydrogens is 393 g/mol. The summed E-state index contributed by atoms with van der Waals surface area (Å²) in [5.74, 6) is 0.608. The average Bonchev–Trinajstić information content (AvgIpc) is 2.89. The lowest BCUT2D eigenvalue weighted by molar-refractivity contribution is -0.129. The Morgan fingerprint density at radius 3 is 2.77 bits per heavy atom. The molecule has 0 atom stereocenters. The highest BCUT2D eigenvalue weighted by molar-refractivity contribution is 14.1. The van der Waals surface area contributed by atoms with Gasteiger partial charge in [0.2, 0.25) is 5.90 Å². The number of carbonyl (C=O) groups is 1. The third-order valence-electron chi connectivity index (χ3n) is 3.09. The minimum atomic E-state index is -0.448. The Kier molecular flexibility index (Phi) is 4.24. The van der Waals surface area contributed by atoms with Crippen LogP contribution in [0.3, 0.4) is 0 Å². The first-order valence-corrected chi connectivity index (χ1v) is 7.66. The highest BCUT2D eigenvalue weighted by Gasteiger charge is 2.24. The van der Waals surface area contributed by atoms with Gasteiger partial charge in [-0.2, -0.15) is 0 Å². The molecule has 0 spiro atoms. The second kappa shape index (κ2) is 6.31.